The molecule has 1 heterocycles. The highest BCUT2D eigenvalue weighted by Gasteiger charge is 2.06. The molecule has 0 aromatic carbocycles. The van der Waals surface area contributed by atoms with Gasteiger partial charge in [0.1, 0.15) is 11.9 Å². The maximum absolute atomic E-state index is 12.5. The lowest BCUT2D eigenvalue weighted by atomic mass is 10.2. The van der Waals surface area contributed by atoms with Crippen LogP contribution in [0.15, 0.2) is 18.3 Å². The molecule has 0 unspecified atom stereocenters. The van der Waals surface area contributed by atoms with Crippen molar-refractivity contribution < 1.29 is 9.50 Å². The minimum Gasteiger partial charge on any atom is -0.385 e. The second kappa shape index (κ2) is 3.41. The molecular weight excluding hydrogens is 147 g/mol. The maximum Gasteiger partial charge on any atom is 0.126 e. The normalized spacial score (nSPS) is 13.0. The van der Waals surface area contributed by atoms with E-state index in [1.807, 2.05) is 0 Å². The van der Waals surface area contributed by atoms with E-state index in [9.17, 15) is 4.39 Å². The summed E-state index contributed by atoms with van der Waals surface area (Å²) in [7, 11) is 0. The molecule has 1 aromatic rings. The Kier molecular flexibility index (Phi) is 2.51. The molecule has 4 heteroatoms. The molecule has 0 aliphatic heterocycles. The van der Waals surface area contributed by atoms with Gasteiger partial charge in [0, 0.05) is 12.7 Å². The summed E-state index contributed by atoms with van der Waals surface area (Å²) >= 11 is 0. The van der Waals surface area contributed by atoms with Crippen molar-refractivity contribution in [3.8, 4) is 0 Å². The number of aromatic nitrogens is 1. The Morgan fingerprint density at radius 2 is 2.45 bits per heavy atom. The lowest BCUT2D eigenvalue weighted by Crippen LogP contribution is -2.12. The van der Waals surface area contributed by atoms with E-state index >= 15 is 0 Å². The first kappa shape index (κ1) is 8.10. The Balaban J connectivity index is 2.86. The van der Waals surface area contributed by atoms with E-state index in [0.29, 0.717) is 0 Å². The smallest absolute Gasteiger partial charge is 0.126 e. The minimum atomic E-state index is -0.870. The molecule has 1 aromatic heterocycles. The molecule has 0 fully saturated rings. The van der Waals surface area contributed by atoms with E-state index in [4.69, 9.17) is 10.8 Å². The van der Waals surface area contributed by atoms with Gasteiger partial charge in [-0.05, 0) is 12.1 Å². The Hall–Kier alpha value is -1.00. The van der Waals surface area contributed by atoms with Gasteiger partial charge in [-0.2, -0.15) is 0 Å². The number of aliphatic hydroxyl groups excluding tert-OH is 1. The first-order valence-electron chi connectivity index (χ1n) is 3.23. The molecule has 0 aliphatic carbocycles. The Labute approximate surface area is 63.7 Å². The fraction of sp³-hybridized carbons (Fsp3) is 0.286. The Morgan fingerprint density at radius 3 is 3.00 bits per heavy atom. The number of hydrogen-bond donors (Lipinski definition) is 2. The summed E-state index contributed by atoms with van der Waals surface area (Å²) in [6.07, 6.45) is 0.425. The molecular formula is C7H9FN2O. The molecule has 0 saturated carbocycles. The number of halogens is 1. The highest BCUT2D eigenvalue weighted by atomic mass is 19.1. The minimum absolute atomic E-state index is 0.0520. The van der Waals surface area contributed by atoms with Crippen molar-refractivity contribution in [3.63, 3.8) is 0 Å². The predicted octanol–water partition coefficient (Wildman–Crippen LogP) is 0.213. The summed E-state index contributed by atoms with van der Waals surface area (Å²) in [5, 5.41) is 9.10. The molecule has 1 atom stereocenters. The van der Waals surface area contributed by atoms with Crippen molar-refractivity contribution in [1.29, 1.82) is 0 Å². The van der Waals surface area contributed by atoms with Gasteiger partial charge in [-0.1, -0.05) is 0 Å². The summed E-state index contributed by atoms with van der Waals surface area (Å²) in [4.78, 5) is 3.74. The SMILES string of the molecule is NC[C@H](O)c1cc(F)ccn1. The number of nitrogens with two attached hydrogens (primary N) is 1. The van der Waals surface area contributed by atoms with Crippen LogP contribution in [0.5, 0.6) is 0 Å². The fourth-order valence-electron chi connectivity index (χ4n) is 0.724. The molecule has 0 saturated heterocycles. The van der Waals surface area contributed by atoms with Gasteiger partial charge in [0.15, 0.2) is 0 Å². The molecule has 3 N–H and O–H groups in total. The van der Waals surface area contributed by atoms with E-state index in [1.54, 1.807) is 0 Å². The standard InChI is InChI=1S/C7H9FN2O/c8-5-1-2-10-6(3-5)7(11)4-9/h1-3,7,11H,4,9H2/t7-/m0/s1. The average molecular weight is 156 g/mol. The number of nitrogens with zero attached hydrogens (tertiary/aromatic N) is 1. The highest BCUT2D eigenvalue weighted by molar-refractivity contribution is 5.08. The summed E-state index contributed by atoms with van der Waals surface area (Å²) < 4.78 is 12.5. The zero-order valence-corrected chi connectivity index (χ0v) is 5.87. The van der Waals surface area contributed by atoms with Gasteiger partial charge in [-0.3, -0.25) is 4.98 Å². The predicted molar refractivity (Wildman–Crippen MR) is 38.2 cm³/mol. The van der Waals surface area contributed by atoms with Crippen molar-refractivity contribution in [1.82, 2.24) is 4.98 Å². The number of hydrogen-bond acceptors (Lipinski definition) is 3. The quantitative estimate of drug-likeness (QED) is 0.643. The van der Waals surface area contributed by atoms with Gasteiger partial charge in [0.05, 0.1) is 5.69 Å². The van der Waals surface area contributed by atoms with Crippen LogP contribution in [0.2, 0.25) is 0 Å². The zero-order valence-electron chi connectivity index (χ0n) is 5.87. The molecule has 60 valence electrons. The molecule has 0 amide bonds. The number of rotatable bonds is 2. The van der Waals surface area contributed by atoms with Crippen molar-refractivity contribution in [2.75, 3.05) is 6.54 Å². The van der Waals surface area contributed by atoms with Gasteiger partial charge in [-0.15, -0.1) is 0 Å². The van der Waals surface area contributed by atoms with Gasteiger partial charge in [-0.25, -0.2) is 4.39 Å². The molecule has 0 radical (unpaired) electrons. The second-order valence-electron chi connectivity index (χ2n) is 2.15. The van der Waals surface area contributed by atoms with Crippen molar-refractivity contribution in [2.24, 2.45) is 5.73 Å². The monoisotopic (exact) mass is 156 g/mol. The van der Waals surface area contributed by atoms with Gasteiger partial charge in [0.25, 0.3) is 0 Å². The lowest BCUT2D eigenvalue weighted by Gasteiger charge is -2.05. The Bertz CT molecular complexity index is 242. The lowest BCUT2D eigenvalue weighted by molar-refractivity contribution is 0.181. The summed E-state index contributed by atoms with van der Waals surface area (Å²) in [6, 6.07) is 2.38. The molecule has 0 aliphatic rings. The van der Waals surface area contributed by atoms with Gasteiger partial charge >= 0.3 is 0 Å². The summed E-state index contributed by atoms with van der Waals surface area (Å²) in [5.41, 5.74) is 5.41. The van der Waals surface area contributed by atoms with Crippen LogP contribution in [-0.2, 0) is 0 Å². The van der Waals surface area contributed by atoms with E-state index < -0.39 is 11.9 Å². The van der Waals surface area contributed by atoms with E-state index in [1.165, 1.54) is 12.3 Å². The first-order chi connectivity index (χ1) is 5.24. The third-order valence-corrected chi connectivity index (χ3v) is 1.31. The summed E-state index contributed by atoms with van der Waals surface area (Å²) in [6.45, 7) is 0.0520. The van der Waals surface area contributed by atoms with Crippen molar-refractivity contribution >= 4 is 0 Å². The second-order valence-corrected chi connectivity index (χ2v) is 2.15. The summed E-state index contributed by atoms with van der Waals surface area (Å²) in [5.74, 6) is -0.414. The number of pyridine rings is 1. The van der Waals surface area contributed by atoms with Crippen LogP contribution in [0.1, 0.15) is 11.8 Å². The van der Waals surface area contributed by atoms with Crippen molar-refractivity contribution in [2.45, 2.75) is 6.10 Å². The van der Waals surface area contributed by atoms with Gasteiger partial charge < -0.3 is 10.8 Å². The van der Waals surface area contributed by atoms with Crippen LogP contribution < -0.4 is 5.73 Å². The molecule has 3 nitrogen and oxygen atoms in total. The van der Waals surface area contributed by atoms with Gasteiger partial charge in [0.2, 0.25) is 0 Å². The topological polar surface area (TPSA) is 59.1 Å². The highest BCUT2D eigenvalue weighted by Crippen LogP contribution is 2.08. The third-order valence-electron chi connectivity index (χ3n) is 1.31. The van der Waals surface area contributed by atoms with Crippen LogP contribution in [0.3, 0.4) is 0 Å². The van der Waals surface area contributed by atoms with E-state index in [0.717, 1.165) is 6.07 Å². The fourth-order valence-corrected chi connectivity index (χ4v) is 0.724. The van der Waals surface area contributed by atoms with Crippen LogP contribution in [0, 0.1) is 5.82 Å². The first-order valence-corrected chi connectivity index (χ1v) is 3.23. The van der Waals surface area contributed by atoms with E-state index in [2.05, 4.69) is 4.98 Å². The largest absolute Gasteiger partial charge is 0.385 e. The number of aliphatic hydroxyl groups is 1. The molecule has 1 rings (SSSR count). The van der Waals surface area contributed by atoms with Crippen LogP contribution in [-0.4, -0.2) is 16.6 Å². The molecule has 0 bridgehead atoms. The zero-order chi connectivity index (χ0) is 8.27. The third kappa shape index (κ3) is 1.96. The Morgan fingerprint density at radius 1 is 1.73 bits per heavy atom. The average Bonchev–Trinajstić information content (AvgIpc) is 2.03. The van der Waals surface area contributed by atoms with E-state index in [-0.39, 0.29) is 12.2 Å². The maximum atomic E-state index is 12.5. The van der Waals surface area contributed by atoms with Crippen LogP contribution in [0.25, 0.3) is 0 Å². The van der Waals surface area contributed by atoms with Crippen LogP contribution >= 0.6 is 0 Å². The van der Waals surface area contributed by atoms with Crippen LogP contribution in [0.4, 0.5) is 4.39 Å². The van der Waals surface area contributed by atoms with Crippen molar-refractivity contribution in [3.05, 3.63) is 29.8 Å². The molecule has 0 spiro atoms. The molecule has 11 heavy (non-hydrogen) atoms.